The zero-order valence-electron chi connectivity index (χ0n) is 44.2. The molecule has 2 bridgehead atoms. The standard InChI is InChI=1S/C49H90O17/c1-31(2)35(8,42(15,53)37(10,51)27-62-31)25-60-30-39(12)45(18,56)44(17,55)36(9,32(3,4)63-39)26-61-29-38(11)43(16,54)34(7,41(14,52)33(5,6)64-38)22-23-59-28-40(13)46(19,57)48(21)47(20,58)49(24-50,65-40)66-48/h50-58H,22-30H2,1-21H3. The lowest BCUT2D eigenvalue weighted by Crippen LogP contribution is -2.96. The third-order valence-electron chi connectivity index (χ3n) is 21.1. The Bertz CT molecular complexity index is 1850. The van der Waals surface area contributed by atoms with Gasteiger partial charge in [0.05, 0.1) is 72.9 Å². The van der Waals surface area contributed by atoms with Crippen molar-refractivity contribution in [3.05, 3.63) is 0 Å². The zero-order valence-corrected chi connectivity index (χ0v) is 44.2. The summed E-state index contributed by atoms with van der Waals surface area (Å²) in [5.41, 5.74) is -27.3. The molecule has 388 valence electrons. The highest BCUT2D eigenvalue weighted by atomic mass is 16.8. The van der Waals surface area contributed by atoms with Gasteiger partial charge in [-0.25, -0.2) is 0 Å². The van der Waals surface area contributed by atoms with E-state index in [9.17, 15) is 46.0 Å². The second kappa shape index (κ2) is 15.2. The van der Waals surface area contributed by atoms with Crippen molar-refractivity contribution in [1.29, 1.82) is 0 Å². The van der Waals surface area contributed by atoms with Gasteiger partial charge in [-0.3, -0.25) is 0 Å². The van der Waals surface area contributed by atoms with Crippen molar-refractivity contribution in [2.24, 2.45) is 16.2 Å². The Balaban J connectivity index is 1.33. The van der Waals surface area contributed by atoms with Gasteiger partial charge in [-0.2, -0.15) is 0 Å². The number of hydrogen-bond acceptors (Lipinski definition) is 17. The average Bonchev–Trinajstić information content (AvgIpc) is 3.15. The predicted octanol–water partition coefficient (Wildman–Crippen LogP) is 2.66. The molecule has 6 heterocycles. The number of aliphatic hydroxyl groups excluding tert-OH is 1. The number of hydrogen-bond donors (Lipinski definition) is 9. The van der Waals surface area contributed by atoms with E-state index in [2.05, 4.69) is 0 Å². The van der Waals surface area contributed by atoms with Gasteiger partial charge in [0, 0.05) is 12.0 Å². The molecule has 0 spiro atoms. The van der Waals surface area contributed by atoms with Crippen LogP contribution in [0.2, 0.25) is 0 Å². The fourth-order valence-corrected chi connectivity index (χ4v) is 12.5. The largest absolute Gasteiger partial charge is 0.391 e. The lowest BCUT2D eigenvalue weighted by atomic mass is 9.51. The van der Waals surface area contributed by atoms with Crippen molar-refractivity contribution in [1.82, 2.24) is 0 Å². The summed E-state index contributed by atoms with van der Waals surface area (Å²) in [6.45, 7) is 33.1. The summed E-state index contributed by atoms with van der Waals surface area (Å²) >= 11 is 0. The van der Waals surface area contributed by atoms with Crippen LogP contribution in [-0.2, 0) is 37.9 Å². The quantitative estimate of drug-likeness (QED) is 0.114. The van der Waals surface area contributed by atoms with Crippen LogP contribution < -0.4 is 0 Å². The van der Waals surface area contributed by atoms with Crippen molar-refractivity contribution in [2.75, 3.05) is 52.9 Å². The molecule has 0 aromatic heterocycles. The maximum absolute atomic E-state index is 12.8. The predicted molar refractivity (Wildman–Crippen MR) is 242 cm³/mol. The van der Waals surface area contributed by atoms with Crippen LogP contribution in [0.5, 0.6) is 0 Å². The summed E-state index contributed by atoms with van der Waals surface area (Å²) in [6, 6.07) is 0. The minimum atomic E-state index is -1.98. The van der Waals surface area contributed by atoms with Crippen molar-refractivity contribution >= 4 is 0 Å². The molecule has 0 radical (unpaired) electrons. The summed E-state index contributed by atoms with van der Waals surface area (Å²) in [5.74, 6) is -1.78. The fraction of sp³-hybridized carbons (Fsp3) is 1.00. The molecule has 17 heteroatoms. The number of aliphatic hydroxyl groups is 9. The molecule has 0 aliphatic carbocycles. The van der Waals surface area contributed by atoms with Gasteiger partial charge >= 0.3 is 0 Å². The van der Waals surface area contributed by atoms with E-state index in [1.165, 1.54) is 34.6 Å². The van der Waals surface area contributed by atoms with Gasteiger partial charge in [0.25, 0.3) is 0 Å². The van der Waals surface area contributed by atoms with Gasteiger partial charge in [0.15, 0.2) is 0 Å². The molecular weight excluding hydrogens is 861 g/mol. The molecule has 16 atom stereocenters. The third-order valence-corrected chi connectivity index (χ3v) is 21.1. The monoisotopic (exact) mass is 951 g/mol. The van der Waals surface area contributed by atoms with Gasteiger partial charge in [-0.1, -0.05) is 20.8 Å². The summed E-state index contributed by atoms with van der Waals surface area (Å²) in [6.07, 6.45) is 0.0849. The molecule has 6 aliphatic heterocycles. The second-order valence-corrected chi connectivity index (χ2v) is 25.4. The van der Waals surface area contributed by atoms with E-state index < -0.39 is 113 Å². The molecule has 6 rings (SSSR count). The molecule has 66 heavy (non-hydrogen) atoms. The number of rotatable bonds is 14. The molecular formula is C49H90O17. The van der Waals surface area contributed by atoms with Crippen LogP contribution in [0.3, 0.4) is 0 Å². The van der Waals surface area contributed by atoms with Crippen LogP contribution in [0.4, 0.5) is 0 Å². The molecule has 9 N–H and O–H groups in total. The van der Waals surface area contributed by atoms with Gasteiger partial charge in [-0.15, -0.1) is 0 Å². The minimum Gasteiger partial charge on any atom is -0.391 e. The fourth-order valence-electron chi connectivity index (χ4n) is 12.5. The molecule has 0 amide bonds. The summed E-state index contributed by atoms with van der Waals surface area (Å²) in [7, 11) is 0. The molecule has 0 aromatic carbocycles. The van der Waals surface area contributed by atoms with Crippen LogP contribution in [0.15, 0.2) is 0 Å². The van der Waals surface area contributed by atoms with Crippen LogP contribution in [-0.4, -0.2) is 189 Å². The normalized spacial score (nSPS) is 56.5. The lowest BCUT2D eigenvalue weighted by Gasteiger charge is -2.76. The van der Waals surface area contributed by atoms with E-state index in [1.807, 2.05) is 13.8 Å². The maximum Gasteiger partial charge on any atom is 0.225 e. The molecule has 0 saturated carbocycles. The number of fused-ring (bicyclic) bond motifs is 2. The summed E-state index contributed by atoms with van der Waals surface area (Å²) in [4.78, 5) is 0. The Morgan fingerprint density at radius 2 is 0.803 bits per heavy atom. The van der Waals surface area contributed by atoms with E-state index in [0.717, 1.165) is 0 Å². The summed E-state index contributed by atoms with van der Waals surface area (Å²) in [5, 5.41) is 107. The topological polar surface area (TPSA) is 256 Å². The van der Waals surface area contributed by atoms with Crippen molar-refractivity contribution in [2.45, 2.75) is 242 Å². The van der Waals surface area contributed by atoms with E-state index in [4.69, 9.17) is 37.9 Å². The highest BCUT2D eigenvalue weighted by molar-refractivity contribution is 5.30. The smallest absolute Gasteiger partial charge is 0.225 e. The van der Waals surface area contributed by atoms with Crippen LogP contribution in [0, 0.1) is 16.2 Å². The minimum absolute atomic E-state index is 0.0279. The molecule has 6 fully saturated rings. The van der Waals surface area contributed by atoms with Crippen molar-refractivity contribution in [3.8, 4) is 0 Å². The van der Waals surface area contributed by atoms with E-state index in [1.54, 1.807) is 96.9 Å². The summed E-state index contributed by atoms with van der Waals surface area (Å²) < 4.78 is 50.6. The molecule has 6 aliphatic rings. The highest BCUT2D eigenvalue weighted by Crippen LogP contribution is 2.66. The SMILES string of the molecule is CC1(O)COC(C)(C)C(C)(COCC2(C)OC(C)(C)C(C)(COCC3(C)OC(C)(C)C(C)(O)C(C)(CCOCC4(C)OC5(CO)OC(C)(C4(C)O)C5(C)O)C3(C)O)C(C)(O)C2(C)O)C1(C)O. The molecule has 17 nitrogen and oxygen atoms in total. The Hall–Kier alpha value is -0.680. The van der Waals surface area contributed by atoms with Gasteiger partial charge in [0.2, 0.25) is 5.79 Å². The zero-order chi connectivity index (χ0) is 51.5. The average molecular weight is 951 g/mol. The van der Waals surface area contributed by atoms with Crippen LogP contribution in [0.25, 0.3) is 0 Å². The Labute approximate surface area is 393 Å². The first-order valence-corrected chi connectivity index (χ1v) is 23.5. The Morgan fingerprint density at radius 3 is 1.27 bits per heavy atom. The van der Waals surface area contributed by atoms with E-state index in [-0.39, 0.29) is 52.7 Å². The first-order chi connectivity index (χ1) is 29.0. The van der Waals surface area contributed by atoms with E-state index in [0.29, 0.717) is 0 Å². The Kier molecular flexibility index (Phi) is 12.9. The van der Waals surface area contributed by atoms with Crippen molar-refractivity contribution < 1.29 is 83.9 Å². The first kappa shape index (κ1) is 56.2. The lowest BCUT2D eigenvalue weighted by molar-refractivity contribution is -0.579. The van der Waals surface area contributed by atoms with Crippen LogP contribution in [0.1, 0.15) is 152 Å². The van der Waals surface area contributed by atoms with Crippen molar-refractivity contribution in [3.63, 3.8) is 0 Å². The molecule has 0 aromatic rings. The van der Waals surface area contributed by atoms with Crippen LogP contribution >= 0.6 is 0 Å². The number of ether oxygens (including phenoxy) is 8. The first-order valence-electron chi connectivity index (χ1n) is 23.5. The third kappa shape index (κ3) is 6.58. The highest BCUT2D eigenvalue weighted by Gasteiger charge is 2.86. The van der Waals surface area contributed by atoms with Gasteiger partial charge in [-0.05, 0) is 131 Å². The molecule has 6 saturated heterocycles. The Morgan fingerprint density at radius 1 is 0.379 bits per heavy atom. The maximum atomic E-state index is 12.8. The van der Waals surface area contributed by atoms with Gasteiger partial charge < -0.3 is 83.9 Å². The van der Waals surface area contributed by atoms with Gasteiger partial charge in [0.1, 0.15) is 68.2 Å². The van der Waals surface area contributed by atoms with E-state index >= 15 is 0 Å². The second-order valence-electron chi connectivity index (χ2n) is 25.4. The molecule has 16 unspecified atom stereocenters.